The summed E-state index contributed by atoms with van der Waals surface area (Å²) in [6.07, 6.45) is 0. The normalized spacial score (nSPS) is 11.3. The van der Waals surface area contributed by atoms with Crippen LogP contribution in [-0.4, -0.2) is 28.1 Å². The van der Waals surface area contributed by atoms with Gasteiger partial charge in [0.25, 0.3) is 0 Å². The Morgan fingerprint density at radius 2 is 1.73 bits per heavy atom. The van der Waals surface area contributed by atoms with Gasteiger partial charge >= 0.3 is 0 Å². The van der Waals surface area contributed by atoms with Crippen LogP contribution in [0.3, 0.4) is 0 Å². The van der Waals surface area contributed by atoms with Crippen molar-refractivity contribution in [3.8, 4) is 11.8 Å². The molecule has 0 unspecified atom stereocenters. The van der Waals surface area contributed by atoms with Crippen LogP contribution < -0.4 is 4.90 Å². The van der Waals surface area contributed by atoms with Crippen molar-refractivity contribution < 1.29 is 0 Å². The van der Waals surface area contributed by atoms with Crippen molar-refractivity contribution in [1.29, 1.82) is 5.26 Å². The first kappa shape index (κ1) is 16.0. The first-order valence-corrected chi connectivity index (χ1v) is 7.64. The minimum absolute atomic E-state index is 0.202. The maximum Gasteiger partial charge on any atom is 0.186 e. The molecule has 1 aromatic carbocycles. The third kappa shape index (κ3) is 2.96. The van der Waals surface area contributed by atoms with Crippen molar-refractivity contribution in [3.63, 3.8) is 0 Å². The molecule has 0 fully saturated rings. The van der Waals surface area contributed by atoms with Gasteiger partial charge < -0.3 is 4.90 Å². The number of hydrogen-bond acceptors (Lipinski definition) is 4. The number of anilines is 1. The van der Waals surface area contributed by atoms with Crippen molar-refractivity contribution in [1.82, 2.24) is 15.0 Å². The zero-order chi connectivity index (χ0) is 16.3. The fourth-order valence-corrected chi connectivity index (χ4v) is 2.60. The zero-order valence-corrected chi connectivity index (χ0v) is 14.0. The largest absolute Gasteiger partial charge is 0.372 e. The van der Waals surface area contributed by atoms with Crippen LogP contribution in [0.15, 0.2) is 24.3 Å². The molecule has 0 bridgehead atoms. The third-order valence-electron chi connectivity index (χ3n) is 3.71. The molecule has 0 aliphatic carbocycles. The summed E-state index contributed by atoms with van der Waals surface area (Å²) in [5, 5.41) is 17.4. The molecule has 0 amide bonds. The Kier molecular flexibility index (Phi) is 4.51. The highest BCUT2D eigenvalue weighted by Crippen LogP contribution is 2.27. The second kappa shape index (κ2) is 6.18. The molecule has 22 heavy (non-hydrogen) atoms. The van der Waals surface area contributed by atoms with Crippen LogP contribution in [-0.2, 0) is 5.41 Å². The number of aromatic nitrogens is 3. The lowest BCUT2D eigenvalue weighted by atomic mass is 9.90. The molecule has 2 aromatic rings. The molecule has 2 rings (SSSR count). The van der Waals surface area contributed by atoms with Crippen molar-refractivity contribution in [2.45, 2.75) is 40.0 Å². The third-order valence-corrected chi connectivity index (χ3v) is 3.71. The fourth-order valence-electron chi connectivity index (χ4n) is 2.60. The van der Waals surface area contributed by atoms with Gasteiger partial charge in [0.1, 0.15) is 6.07 Å². The van der Waals surface area contributed by atoms with E-state index < -0.39 is 0 Å². The monoisotopic (exact) mass is 297 g/mol. The number of hydrogen-bond donors (Lipinski definition) is 0. The maximum atomic E-state index is 9.25. The molecule has 0 spiro atoms. The highest BCUT2D eigenvalue weighted by atomic mass is 15.4. The summed E-state index contributed by atoms with van der Waals surface area (Å²) in [6, 6.07) is 10.4. The van der Waals surface area contributed by atoms with E-state index in [4.69, 9.17) is 0 Å². The van der Waals surface area contributed by atoms with Crippen LogP contribution in [0.1, 0.15) is 46.0 Å². The van der Waals surface area contributed by atoms with E-state index in [1.165, 1.54) is 5.69 Å². The Morgan fingerprint density at radius 3 is 2.18 bits per heavy atom. The summed E-state index contributed by atoms with van der Waals surface area (Å²) in [5.74, 6) is 0. The molecule has 0 aliphatic rings. The summed E-state index contributed by atoms with van der Waals surface area (Å²) in [5.41, 5.74) is 3.14. The van der Waals surface area contributed by atoms with Crippen LogP contribution in [0, 0.1) is 11.3 Å². The van der Waals surface area contributed by atoms with E-state index in [9.17, 15) is 5.26 Å². The maximum absolute atomic E-state index is 9.25. The molecule has 0 radical (unpaired) electrons. The molecule has 116 valence electrons. The summed E-state index contributed by atoms with van der Waals surface area (Å²) in [7, 11) is 0. The molecule has 5 heteroatoms. The highest BCUT2D eigenvalue weighted by Gasteiger charge is 2.26. The van der Waals surface area contributed by atoms with Gasteiger partial charge in [0.05, 0.1) is 11.4 Å². The molecular formula is C17H23N5. The quantitative estimate of drug-likeness (QED) is 0.869. The van der Waals surface area contributed by atoms with Crippen molar-refractivity contribution in [2.75, 3.05) is 18.0 Å². The van der Waals surface area contributed by atoms with Gasteiger partial charge in [-0.1, -0.05) is 26.0 Å². The molecule has 5 nitrogen and oxygen atoms in total. The summed E-state index contributed by atoms with van der Waals surface area (Å²) < 4.78 is 1.77. The molecule has 0 saturated heterocycles. The predicted molar refractivity (Wildman–Crippen MR) is 88.3 cm³/mol. The van der Waals surface area contributed by atoms with Gasteiger partial charge in [-0.3, -0.25) is 0 Å². The van der Waals surface area contributed by atoms with Gasteiger partial charge in [-0.25, -0.2) is 4.68 Å². The van der Waals surface area contributed by atoms with Crippen LogP contribution in [0.5, 0.6) is 0 Å². The smallest absolute Gasteiger partial charge is 0.186 e. The molecule has 0 atom stereocenters. The lowest BCUT2D eigenvalue weighted by molar-refractivity contribution is 0.541. The van der Waals surface area contributed by atoms with Gasteiger partial charge in [0, 0.05) is 24.2 Å². The van der Waals surface area contributed by atoms with E-state index in [1.54, 1.807) is 4.68 Å². The minimum Gasteiger partial charge on any atom is -0.372 e. The van der Waals surface area contributed by atoms with Gasteiger partial charge in [-0.05, 0) is 38.1 Å². The topological polar surface area (TPSA) is 57.7 Å². The number of nitriles is 1. The summed E-state index contributed by atoms with van der Waals surface area (Å²) >= 11 is 0. The lowest BCUT2D eigenvalue weighted by Gasteiger charge is -2.22. The first-order valence-electron chi connectivity index (χ1n) is 7.64. The first-order chi connectivity index (χ1) is 10.4. The van der Waals surface area contributed by atoms with E-state index in [1.807, 2.05) is 12.1 Å². The Morgan fingerprint density at radius 1 is 1.14 bits per heavy atom. The molecule has 1 heterocycles. The minimum atomic E-state index is -0.202. The second-order valence-corrected chi connectivity index (χ2v) is 6.25. The number of rotatable bonds is 4. The van der Waals surface area contributed by atoms with Gasteiger partial charge in [0.2, 0.25) is 0 Å². The standard InChI is InChI=1S/C17H23N5/c1-6-21(7-2)13-8-10-14(11-9-13)22-16(17(3,4)5)15(12-18)19-20-22/h8-11H,6-7H2,1-5H3. The van der Waals surface area contributed by atoms with E-state index in [-0.39, 0.29) is 5.41 Å². The van der Waals surface area contributed by atoms with Crippen LogP contribution in [0.4, 0.5) is 5.69 Å². The Hall–Kier alpha value is -2.35. The Balaban J connectivity index is 2.46. The Bertz CT molecular complexity index is 667. The van der Waals surface area contributed by atoms with E-state index in [0.29, 0.717) is 5.69 Å². The molecule has 0 N–H and O–H groups in total. The van der Waals surface area contributed by atoms with Gasteiger partial charge in [-0.2, -0.15) is 5.26 Å². The van der Waals surface area contributed by atoms with E-state index >= 15 is 0 Å². The average Bonchev–Trinajstić information content (AvgIpc) is 2.93. The van der Waals surface area contributed by atoms with E-state index in [2.05, 4.69) is 68.0 Å². The number of nitrogens with zero attached hydrogens (tertiary/aromatic N) is 5. The molecule has 1 aromatic heterocycles. The molecular weight excluding hydrogens is 274 g/mol. The highest BCUT2D eigenvalue weighted by molar-refractivity contribution is 5.51. The number of benzene rings is 1. The van der Waals surface area contributed by atoms with Crippen molar-refractivity contribution >= 4 is 5.69 Å². The lowest BCUT2D eigenvalue weighted by Crippen LogP contribution is -2.22. The van der Waals surface area contributed by atoms with Crippen molar-refractivity contribution in [3.05, 3.63) is 35.7 Å². The molecule has 0 aliphatic heterocycles. The average molecular weight is 297 g/mol. The van der Waals surface area contributed by atoms with Crippen LogP contribution >= 0.6 is 0 Å². The van der Waals surface area contributed by atoms with Crippen LogP contribution in [0.25, 0.3) is 5.69 Å². The van der Waals surface area contributed by atoms with Gasteiger partial charge in [-0.15, -0.1) is 5.10 Å². The SMILES string of the molecule is CCN(CC)c1ccc(-n2nnc(C#N)c2C(C)(C)C)cc1. The second-order valence-electron chi connectivity index (χ2n) is 6.25. The zero-order valence-electron chi connectivity index (χ0n) is 14.0. The molecule has 0 saturated carbocycles. The predicted octanol–water partition coefficient (Wildman–Crippen LogP) is 3.28. The van der Waals surface area contributed by atoms with E-state index in [0.717, 1.165) is 24.5 Å². The summed E-state index contributed by atoms with van der Waals surface area (Å²) in [6.45, 7) is 12.4. The van der Waals surface area contributed by atoms with Crippen LogP contribution in [0.2, 0.25) is 0 Å². The van der Waals surface area contributed by atoms with Gasteiger partial charge in [0.15, 0.2) is 5.69 Å². The summed E-state index contributed by atoms with van der Waals surface area (Å²) in [4.78, 5) is 2.29. The fraction of sp³-hybridized carbons (Fsp3) is 0.471. The Labute approximate surface area is 132 Å². The van der Waals surface area contributed by atoms with Crippen molar-refractivity contribution in [2.24, 2.45) is 0 Å².